The number of para-hydroxylation sites is 1. The van der Waals surface area contributed by atoms with E-state index in [1.807, 2.05) is 6.92 Å². The fraction of sp³-hybridized carbons (Fsp3) is 0.263. The molecule has 0 spiro atoms. The van der Waals surface area contributed by atoms with Crippen LogP contribution in [0.1, 0.15) is 30.1 Å². The van der Waals surface area contributed by atoms with Crippen molar-refractivity contribution in [2.45, 2.75) is 24.7 Å². The average Bonchev–Trinajstić information content (AvgIpc) is 2.66. The van der Waals surface area contributed by atoms with Crippen LogP contribution in [-0.2, 0) is 14.8 Å². The molecule has 0 bridgehead atoms. The molecule has 0 saturated carbocycles. The van der Waals surface area contributed by atoms with Crippen LogP contribution in [0.5, 0.6) is 0 Å². The van der Waals surface area contributed by atoms with Crippen molar-refractivity contribution in [2.75, 3.05) is 18.4 Å². The topological polar surface area (TPSA) is 104 Å². The molecule has 0 fully saturated rings. The second-order valence-corrected chi connectivity index (χ2v) is 8.15. The minimum atomic E-state index is -3.73. The molecule has 0 radical (unpaired) electrons. The number of hydrogen-bond donors (Lipinski definition) is 3. The number of rotatable bonds is 9. The first-order chi connectivity index (χ1) is 13.3. The fourth-order valence-corrected chi connectivity index (χ4v) is 3.49. The SMILES string of the molecule is CCCNC(=O)c1ccccc1NC(=O)CCNS(=O)(=O)c1ccc(Cl)cc1. The third-order valence-electron chi connectivity index (χ3n) is 3.75. The van der Waals surface area contributed by atoms with Gasteiger partial charge in [0.2, 0.25) is 15.9 Å². The van der Waals surface area contributed by atoms with E-state index in [9.17, 15) is 18.0 Å². The molecule has 2 aromatic rings. The number of carbonyl (C=O) groups excluding carboxylic acids is 2. The zero-order valence-corrected chi connectivity index (χ0v) is 16.9. The average molecular weight is 424 g/mol. The molecule has 150 valence electrons. The summed E-state index contributed by atoms with van der Waals surface area (Å²) in [6, 6.07) is 12.4. The summed E-state index contributed by atoms with van der Waals surface area (Å²) in [7, 11) is -3.73. The van der Waals surface area contributed by atoms with Crippen molar-refractivity contribution >= 4 is 39.1 Å². The van der Waals surface area contributed by atoms with Crippen LogP contribution >= 0.6 is 11.6 Å². The van der Waals surface area contributed by atoms with Gasteiger partial charge in [0.15, 0.2) is 0 Å². The lowest BCUT2D eigenvalue weighted by atomic mass is 10.1. The van der Waals surface area contributed by atoms with Crippen molar-refractivity contribution in [3.05, 3.63) is 59.1 Å². The minimum absolute atomic E-state index is 0.0650. The quantitative estimate of drug-likeness (QED) is 0.576. The molecule has 0 atom stereocenters. The normalized spacial score (nSPS) is 11.1. The second kappa shape index (κ2) is 10.2. The molecule has 3 N–H and O–H groups in total. The van der Waals surface area contributed by atoms with Crippen LogP contribution in [0.15, 0.2) is 53.4 Å². The van der Waals surface area contributed by atoms with E-state index in [0.717, 1.165) is 6.42 Å². The summed E-state index contributed by atoms with van der Waals surface area (Å²) in [5.41, 5.74) is 0.729. The molecule has 9 heteroatoms. The summed E-state index contributed by atoms with van der Waals surface area (Å²) in [6.07, 6.45) is 0.714. The summed E-state index contributed by atoms with van der Waals surface area (Å²) in [4.78, 5) is 24.4. The summed E-state index contributed by atoms with van der Waals surface area (Å²) < 4.78 is 26.7. The summed E-state index contributed by atoms with van der Waals surface area (Å²) >= 11 is 5.75. The van der Waals surface area contributed by atoms with Crippen molar-refractivity contribution in [2.24, 2.45) is 0 Å². The lowest BCUT2D eigenvalue weighted by molar-refractivity contribution is -0.116. The van der Waals surface area contributed by atoms with Gasteiger partial charge in [-0.25, -0.2) is 13.1 Å². The number of halogens is 1. The molecule has 2 rings (SSSR count). The fourth-order valence-electron chi connectivity index (χ4n) is 2.33. The van der Waals surface area contributed by atoms with Gasteiger partial charge in [0, 0.05) is 24.5 Å². The van der Waals surface area contributed by atoms with Crippen molar-refractivity contribution < 1.29 is 18.0 Å². The van der Waals surface area contributed by atoms with Crippen molar-refractivity contribution in [3.63, 3.8) is 0 Å². The van der Waals surface area contributed by atoms with Gasteiger partial charge in [0.1, 0.15) is 0 Å². The predicted molar refractivity (Wildman–Crippen MR) is 109 cm³/mol. The smallest absolute Gasteiger partial charge is 0.253 e. The molecule has 0 heterocycles. The highest BCUT2D eigenvalue weighted by molar-refractivity contribution is 7.89. The van der Waals surface area contributed by atoms with E-state index in [2.05, 4.69) is 15.4 Å². The van der Waals surface area contributed by atoms with Gasteiger partial charge in [-0.05, 0) is 42.8 Å². The maximum absolute atomic E-state index is 12.2. The first-order valence-electron chi connectivity index (χ1n) is 8.76. The Balaban J connectivity index is 1.93. The molecule has 7 nitrogen and oxygen atoms in total. The Labute approximate surface area is 169 Å². The van der Waals surface area contributed by atoms with Crippen LogP contribution in [0, 0.1) is 0 Å². The molecular formula is C19H22ClN3O4S. The van der Waals surface area contributed by atoms with Crippen molar-refractivity contribution in [1.82, 2.24) is 10.0 Å². The van der Waals surface area contributed by atoms with Crippen LogP contribution in [0.2, 0.25) is 5.02 Å². The Hall–Kier alpha value is -2.42. The van der Waals surface area contributed by atoms with Crippen LogP contribution in [0.4, 0.5) is 5.69 Å². The van der Waals surface area contributed by atoms with Gasteiger partial charge in [0.25, 0.3) is 5.91 Å². The van der Waals surface area contributed by atoms with Gasteiger partial charge in [-0.3, -0.25) is 9.59 Å². The van der Waals surface area contributed by atoms with E-state index >= 15 is 0 Å². The third-order valence-corrected chi connectivity index (χ3v) is 5.48. The highest BCUT2D eigenvalue weighted by atomic mass is 35.5. The number of amides is 2. The van der Waals surface area contributed by atoms with Gasteiger partial charge >= 0.3 is 0 Å². The molecule has 0 saturated heterocycles. The number of hydrogen-bond acceptors (Lipinski definition) is 4. The number of carbonyl (C=O) groups is 2. The first kappa shape index (κ1) is 21.9. The van der Waals surface area contributed by atoms with Crippen LogP contribution in [0.25, 0.3) is 0 Å². The Bertz CT molecular complexity index is 930. The molecule has 0 aromatic heterocycles. The van der Waals surface area contributed by atoms with Crippen LogP contribution < -0.4 is 15.4 Å². The molecule has 28 heavy (non-hydrogen) atoms. The van der Waals surface area contributed by atoms with E-state index in [4.69, 9.17) is 11.6 Å². The predicted octanol–water partition coefficient (Wildman–Crippen LogP) is 2.79. The Morgan fingerprint density at radius 2 is 1.68 bits per heavy atom. The first-order valence-corrected chi connectivity index (χ1v) is 10.6. The molecule has 2 aromatic carbocycles. The standard InChI is InChI=1S/C19H22ClN3O4S/c1-2-12-21-19(25)16-5-3-4-6-17(16)23-18(24)11-13-22-28(26,27)15-9-7-14(20)8-10-15/h3-10,22H,2,11-13H2,1H3,(H,21,25)(H,23,24). The van der Waals surface area contributed by atoms with E-state index in [1.54, 1.807) is 24.3 Å². The van der Waals surface area contributed by atoms with Crippen molar-refractivity contribution in [1.29, 1.82) is 0 Å². The van der Waals surface area contributed by atoms with E-state index in [0.29, 0.717) is 22.8 Å². The molecule has 0 aliphatic heterocycles. The molecular weight excluding hydrogens is 402 g/mol. The molecule has 0 aliphatic carbocycles. The highest BCUT2D eigenvalue weighted by Crippen LogP contribution is 2.16. The maximum Gasteiger partial charge on any atom is 0.253 e. The third kappa shape index (κ3) is 6.33. The van der Waals surface area contributed by atoms with Gasteiger partial charge in [0.05, 0.1) is 16.1 Å². The van der Waals surface area contributed by atoms with Crippen LogP contribution in [0.3, 0.4) is 0 Å². The van der Waals surface area contributed by atoms with Gasteiger partial charge < -0.3 is 10.6 Å². The summed E-state index contributed by atoms with van der Waals surface area (Å²) in [5, 5.41) is 5.84. The van der Waals surface area contributed by atoms with E-state index in [-0.39, 0.29) is 23.8 Å². The van der Waals surface area contributed by atoms with Crippen LogP contribution in [-0.4, -0.2) is 33.3 Å². The lowest BCUT2D eigenvalue weighted by Crippen LogP contribution is -2.29. The number of benzene rings is 2. The molecule has 2 amide bonds. The van der Waals surface area contributed by atoms with Crippen molar-refractivity contribution in [3.8, 4) is 0 Å². The molecule has 0 unspecified atom stereocenters. The monoisotopic (exact) mass is 423 g/mol. The summed E-state index contributed by atoms with van der Waals surface area (Å²) in [6.45, 7) is 2.40. The Kier molecular flexibility index (Phi) is 7.98. The Morgan fingerprint density at radius 1 is 1.00 bits per heavy atom. The number of sulfonamides is 1. The highest BCUT2D eigenvalue weighted by Gasteiger charge is 2.15. The zero-order valence-electron chi connectivity index (χ0n) is 15.4. The van der Waals surface area contributed by atoms with E-state index in [1.165, 1.54) is 24.3 Å². The van der Waals surface area contributed by atoms with Gasteiger partial charge in [-0.15, -0.1) is 0 Å². The summed E-state index contributed by atoms with van der Waals surface area (Å²) in [5.74, 6) is -0.685. The maximum atomic E-state index is 12.2. The lowest BCUT2D eigenvalue weighted by Gasteiger charge is -2.11. The second-order valence-electron chi connectivity index (χ2n) is 5.95. The van der Waals surface area contributed by atoms with E-state index < -0.39 is 15.9 Å². The minimum Gasteiger partial charge on any atom is -0.352 e. The van der Waals surface area contributed by atoms with Gasteiger partial charge in [-0.1, -0.05) is 30.7 Å². The Morgan fingerprint density at radius 3 is 2.36 bits per heavy atom. The zero-order chi connectivity index (χ0) is 20.6. The number of nitrogens with one attached hydrogen (secondary N) is 3. The largest absolute Gasteiger partial charge is 0.352 e. The molecule has 0 aliphatic rings. The van der Waals surface area contributed by atoms with Gasteiger partial charge in [-0.2, -0.15) is 0 Å². The number of anilines is 1.